The maximum atomic E-state index is 12.8. The lowest BCUT2D eigenvalue weighted by molar-refractivity contribution is 0.0966. The number of hydrogen-bond donors (Lipinski definition) is 4. The van der Waals surface area contributed by atoms with E-state index in [2.05, 4.69) is 21.0 Å². The first-order valence-corrected chi connectivity index (χ1v) is 11.2. The van der Waals surface area contributed by atoms with Gasteiger partial charge in [0.25, 0.3) is 5.91 Å². The molecule has 8 nitrogen and oxygen atoms in total. The van der Waals surface area contributed by atoms with Gasteiger partial charge < -0.3 is 21.7 Å². The van der Waals surface area contributed by atoms with Crippen LogP contribution in [0.3, 0.4) is 0 Å². The molecule has 1 amide bonds. The van der Waals surface area contributed by atoms with Crippen LogP contribution in [-0.4, -0.2) is 32.8 Å². The number of pyridine rings is 1. The van der Waals surface area contributed by atoms with Crippen molar-refractivity contribution >= 4 is 23.2 Å². The fourth-order valence-electron chi connectivity index (χ4n) is 4.78. The fraction of sp³-hybridized carbons (Fsp3) is 0.375. The number of anilines is 3. The number of aromatic nitrogens is 3. The van der Waals surface area contributed by atoms with E-state index in [9.17, 15) is 4.79 Å². The first-order valence-electron chi connectivity index (χ1n) is 11.2. The van der Waals surface area contributed by atoms with Gasteiger partial charge in [-0.05, 0) is 43.5 Å². The van der Waals surface area contributed by atoms with Crippen LogP contribution in [0.1, 0.15) is 47.2 Å². The van der Waals surface area contributed by atoms with Crippen molar-refractivity contribution in [3.8, 4) is 11.3 Å². The van der Waals surface area contributed by atoms with E-state index in [0.29, 0.717) is 17.9 Å². The third-order valence-electron chi connectivity index (χ3n) is 6.45. The molecule has 2 atom stereocenters. The lowest BCUT2D eigenvalue weighted by atomic mass is 9.90. The molecule has 0 bridgehead atoms. The van der Waals surface area contributed by atoms with Crippen LogP contribution in [-0.2, 0) is 13.6 Å². The zero-order valence-electron chi connectivity index (χ0n) is 18.5. The van der Waals surface area contributed by atoms with Crippen molar-refractivity contribution in [2.45, 2.75) is 51.2 Å². The van der Waals surface area contributed by atoms with Gasteiger partial charge in [-0.2, -0.15) is 5.10 Å². The Bertz CT molecular complexity index is 1170. The Morgan fingerprint density at radius 2 is 2.00 bits per heavy atom. The summed E-state index contributed by atoms with van der Waals surface area (Å²) in [6, 6.07) is 10.2. The molecule has 0 radical (unpaired) electrons. The van der Waals surface area contributed by atoms with Gasteiger partial charge in [0.15, 0.2) is 0 Å². The fourth-order valence-corrected chi connectivity index (χ4v) is 4.78. The van der Waals surface area contributed by atoms with E-state index in [-0.39, 0.29) is 18.0 Å². The molecule has 166 valence electrons. The average molecular weight is 432 g/mol. The highest BCUT2D eigenvalue weighted by Gasteiger charge is 2.32. The van der Waals surface area contributed by atoms with E-state index in [1.807, 2.05) is 49.0 Å². The van der Waals surface area contributed by atoms with Crippen molar-refractivity contribution in [1.29, 1.82) is 0 Å². The summed E-state index contributed by atoms with van der Waals surface area (Å²) in [7, 11) is 1.90. The molecule has 3 heterocycles. The summed E-state index contributed by atoms with van der Waals surface area (Å²) in [6.45, 7) is 2.49. The first kappa shape index (κ1) is 20.5. The maximum Gasteiger partial charge on any atom is 0.255 e. The van der Waals surface area contributed by atoms with Crippen LogP contribution in [0.5, 0.6) is 0 Å². The second-order valence-electron chi connectivity index (χ2n) is 8.75. The monoisotopic (exact) mass is 431 g/mol. The van der Waals surface area contributed by atoms with Crippen LogP contribution in [0.15, 0.2) is 36.5 Å². The Morgan fingerprint density at radius 3 is 2.75 bits per heavy atom. The van der Waals surface area contributed by atoms with Crippen molar-refractivity contribution in [3.63, 3.8) is 0 Å². The number of fused-ring (bicyclic) bond motifs is 1. The Hall–Kier alpha value is -3.39. The molecule has 0 spiro atoms. The lowest BCUT2D eigenvalue weighted by Gasteiger charge is -2.31. The minimum atomic E-state index is -0.119. The molecule has 1 aliphatic heterocycles. The number of nitrogens with two attached hydrogens (primary N) is 1. The maximum absolute atomic E-state index is 12.8. The minimum Gasteiger partial charge on any atom is -0.365 e. The Morgan fingerprint density at radius 1 is 1.16 bits per heavy atom. The molecule has 8 heteroatoms. The van der Waals surface area contributed by atoms with Gasteiger partial charge in [-0.15, -0.1) is 0 Å². The second kappa shape index (κ2) is 8.27. The van der Waals surface area contributed by atoms with Crippen LogP contribution < -0.4 is 21.7 Å². The van der Waals surface area contributed by atoms with Gasteiger partial charge in [-0.3, -0.25) is 9.48 Å². The molecule has 0 saturated heterocycles. The zero-order chi connectivity index (χ0) is 22.2. The predicted molar refractivity (Wildman–Crippen MR) is 126 cm³/mol. The number of carbonyl (C=O) groups excluding carboxylic acids is 1. The molecule has 1 fully saturated rings. The summed E-state index contributed by atoms with van der Waals surface area (Å²) in [4.78, 5) is 17.8. The van der Waals surface area contributed by atoms with Crippen molar-refractivity contribution in [3.05, 3.63) is 53.2 Å². The lowest BCUT2D eigenvalue weighted by Crippen LogP contribution is -2.43. The SMILES string of the molecule is Cc1cccc(Nc2nc(NC3CCCCC3N)c(-c3ccnn3C)c3c2C(=O)NC3)c1. The summed E-state index contributed by atoms with van der Waals surface area (Å²) in [5, 5.41) is 14.4. The molecule has 1 aromatic carbocycles. The van der Waals surface area contributed by atoms with Crippen molar-refractivity contribution in [2.75, 3.05) is 10.6 Å². The number of aryl methyl sites for hydroxylation is 2. The smallest absolute Gasteiger partial charge is 0.255 e. The first-order chi connectivity index (χ1) is 15.5. The highest BCUT2D eigenvalue weighted by atomic mass is 16.1. The van der Waals surface area contributed by atoms with Crippen LogP contribution in [0.25, 0.3) is 11.3 Å². The highest BCUT2D eigenvalue weighted by Crippen LogP contribution is 2.39. The number of rotatable bonds is 5. The van der Waals surface area contributed by atoms with Gasteiger partial charge in [-0.1, -0.05) is 25.0 Å². The van der Waals surface area contributed by atoms with Crippen LogP contribution >= 0.6 is 0 Å². The van der Waals surface area contributed by atoms with Gasteiger partial charge in [0, 0.05) is 48.7 Å². The molecule has 5 rings (SSSR count). The van der Waals surface area contributed by atoms with Crippen LogP contribution in [0, 0.1) is 6.92 Å². The Balaban J connectivity index is 1.66. The number of nitrogens with zero attached hydrogens (tertiary/aromatic N) is 3. The summed E-state index contributed by atoms with van der Waals surface area (Å²) in [6.07, 6.45) is 6.07. The molecule has 3 aromatic rings. The predicted octanol–water partition coefficient (Wildman–Crippen LogP) is 3.46. The van der Waals surface area contributed by atoms with Crippen molar-refractivity contribution < 1.29 is 4.79 Å². The third kappa shape index (κ3) is 3.71. The number of hydrogen-bond acceptors (Lipinski definition) is 6. The molecule has 2 aliphatic rings. The second-order valence-corrected chi connectivity index (χ2v) is 8.75. The van der Waals surface area contributed by atoms with Gasteiger partial charge in [0.05, 0.1) is 11.3 Å². The molecular weight excluding hydrogens is 402 g/mol. The van der Waals surface area contributed by atoms with E-state index in [0.717, 1.165) is 59.6 Å². The Kier molecular flexibility index (Phi) is 5.30. The van der Waals surface area contributed by atoms with Gasteiger partial charge in [0.1, 0.15) is 11.6 Å². The summed E-state index contributed by atoms with van der Waals surface area (Å²) in [5.41, 5.74) is 11.8. The topological polar surface area (TPSA) is 110 Å². The van der Waals surface area contributed by atoms with Crippen LogP contribution in [0.4, 0.5) is 17.3 Å². The van der Waals surface area contributed by atoms with E-state index in [1.165, 1.54) is 0 Å². The van der Waals surface area contributed by atoms with Gasteiger partial charge >= 0.3 is 0 Å². The Labute approximate surface area is 187 Å². The number of benzene rings is 1. The van der Waals surface area contributed by atoms with Gasteiger partial charge in [0.2, 0.25) is 0 Å². The van der Waals surface area contributed by atoms with E-state index < -0.39 is 0 Å². The molecule has 5 N–H and O–H groups in total. The summed E-state index contributed by atoms with van der Waals surface area (Å²) >= 11 is 0. The summed E-state index contributed by atoms with van der Waals surface area (Å²) < 4.78 is 1.82. The van der Waals surface area contributed by atoms with Crippen LogP contribution in [0.2, 0.25) is 0 Å². The quantitative estimate of drug-likeness (QED) is 0.493. The number of amides is 1. The number of nitrogens with one attached hydrogen (secondary N) is 3. The molecule has 2 aromatic heterocycles. The molecule has 2 unspecified atom stereocenters. The minimum absolute atomic E-state index is 0.0751. The average Bonchev–Trinajstić information content (AvgIpc) is 3.36. The van der Waals surface area contributed by atoms with E-state index in [1.54, 1.807) is 6.20 Å². The summed E-state index contributed by atoms with van der Waals surface area (Å²) in [5.74, 6) is 1.17. The highest BCUT2D eigenvalue weighted by molar-refractivity contribution is 6.06. The van der Waals surface area contributed by atoms with Crippen molar-refractivity contribution in [2.24, 2.45) is 12.8 Å². The standard InChI is InChI=1S/C24H29N7O/c1-14-6-5-7-15(12-14)28-23-21-16(13-26-24(21)32)20(19-10-11-27-31(19)2)22(30-23)29-18-9-4-3-8-17(18)25/h5-7,10-12,17-18H,3-4,8-9,13,25H2,1-2H3,(H,26,32)(H2,28,29,30). The normalized spacial score (nSPS) is 20.0. The zero-order valence-corrected chi connectivity index (χ0v) is 18.5. The number of carbonyl (C=O) groups is 1. The molecule has 1 aliphatic carbocycles. The molecular formula is C24H29N7O. The van der Waals surface area contributed by atoms with Crippen molar-refractivity contribution in [1.82, 2.24) is 20.1 Å². The van der Waals surface area contributed by atoms with E-state index in [4.69, 9.17) is 10.7 Å². The third-order valence-corrected chi connectivity index (χ3v) is 6.45. The largest absolute Gasteiger partial charge is 0.365 e. The van der Waals surface area contributed by atoms with E-state index >= 15 is 0 Å². The molecule has 1 saturated carbocycles. The molecule has 32 heavy (non-hydrogen) atoms. The van der Waals surface area contributed by atoms with Gasteiger partial charge in [-0.25, -0.2) is 4.98 Å².